The summed E-state index contributed by atoms with van der Waals surface area (Å²) in [6, 6.07) is 7.50. The molecular weight excluding hydrogens is 344 g/mol. The molecule has 1 aromatic heterocycles. The van der Waals surface area contributed by atoms with Crippen molar-refractivity contribution < 1.29 is 9.59 Å². The Bertz CT molecular complexity index is 863. The fourth-order valence-corrected chi connectivity index (χ4v) is 3.58. The minimum absolute atomic E-state index is 0.182. The number of nitrogens with zero attached hydrogens (tertiary/aromatic N) is 5. The summed E-state index contributed by atoms with van der Waals surface area (Å²) in [5.41, 5.74) is 8.17. The third-order valence-electron chi connectivity index (χ3n) is 5.17. The monoisotopic (exact) mass is 366 g/mol. The Morgan fingerprint density at radius 1 is 1.26 bits per heavy atom. The molecule has 0 spiro atoms. The smallest absolute Gasteiger partial charge is 0.327 e. The Labute approximate surface area is 157 Å². The standard InChI is InChI=1S/C19H22N6O2/c1-23-15-11-21-17(14-6-4-13(10-20)5-7-14)22-18(15)25(16(23)12-26)19(27)24-8-2-3-9-24/h4-7,11-12,16H,2-3,8-10,20H2,1H3. The minimum Gasteiger partial charge on any atom is -0.344 e. The molecule has 0 radical (unpaired) electrons. The summed E-state index contributed by atoms with van der Waals surface area (Å²) < 4.78 is 0. The Hall–Kier alpha value is -3.00. The number of likely N-dealkylation sites (tertiary alicyclic amines) is 1. The summed E-state index contributed by atoms with van der Waals surface area (Å²) >= 11 is 0. The van der Waals surface area contributed by atoms with Crippen molar-refractivity contribution in [2.24, 2.45) is 5.73 Å². The van der Waals surface area contributed by atoms with Crippen LogP contribution in [0.5, 0.6) is 0 Å². The number of likely N-dealkylation sites (N-methyl/N-ethyl adjacent to an activating group) is 1. The Morgan fingerprint density at radius 3 is 2.59 bits per heavy atom. The molecule has 2 aliphatic heterocycles. The summed E-state index contributed by atoms with van der Waals surface area (Å²) in [5.74, 6) is 0.982. The van der Waals surface area contributed by atoms with Gasteiger partial charge >= 0.3 is 6.03 Å². The molecular formula is C19H22N6O2. The number of carbonyl (C=O) groups excluding carboxylic acids is 2. The normalized spacial score (nSPS) is 18.7. The van der Waals surface area contributed by atoms with Gasteiger partial charge in [-0.2, -0.15) is 0 Å². The minimum atomic E-state index is -0.711. The van der Waals surface area contributed by atoms with E-state index in [0.717, 1.165) is 30.3 Å². The maximum absolute atomic E-state index is 13.0. The number of aldehydes is 1. The fourth-order valence-electron chi connectivity index (χ4n) is 3.58. The van der Waals surface area contributed by atoms with E-state index in [1.54, 1.807) is 23.0 Å². The number of anilines is 2. The van der Waals surface area contributed by atoms with Crippen LogP contribution in [0.15, 0.2) is 30.5 Å². The Kier molecular flexibility index (Phi) is 4.49. The van der Waals surface area contributed by atoms with E-state index in [0.29, 0.717) is 37.0 Å². The Balaban J connectivity index is 1.74. The van der Waals surface area contributed by atoms with E-state index < -0.39 is 6.17 Å². The van der Waals surface area contributed by atoms with Crippen molar-refractivity contribution in [3.63, 3.8) is 0 Å². The lowest BCUT2D eigenvalue weighted by molar-refractivity contribution is -0.108. The average Bonchev–Trinajstić information content (AvgIpc) is 3.34. The lowest BCUT2D eigenvalue weighted by atomic mass is 10.1. The van der Waals surface area contributed by atoms with Crippen molar-refractivity contribution in [1.29, 1.82) is 0 Å². The van der Waals surface area contributed by atoms with E-state index in [4.69, 9.17) is 5.73 Å². The van der Waals surface area contributed by atoms with Crippen LogP contribution in [0.25, 0.3) is 11.4 Å². The number of hydrogen-bond acceptors (Lipinski definition) is 6. The van der Waals surface area contributed by atoms with E-state index in [2.05, 4.69) is 9.97 Å². The molecule has 1 saturated heterocycles. The molecule has 140 valence electrons. The highest BCUT2D eigenvalue weighted by Crippen LogP contribution is 2.38. The molecule has 8 heteroatoms. The number of carbonyl (C=O) groups is 2. The fraction of sp³-hybridized carbons (Fsp3) is 0.368. The van der Waals surface area contributed by atoms with Crippen molar-refractivity contribution in [2.45, 2.75) is 25.6 Å². The van der Waals surface area contributed by atoms with Crippen LogP contribution < -0.4 is 15.5 Å². The van der Waals surface area contributed by atoms with Crippen LogP contribution in [-0.2, 0) is 11.3 Å². The second-order valence-electron chi connectivity index (χ2n) is 6.81. The van der Waals surface area contributed by atoms with Crippen molar-refractivity contribution in [3.05, 3.63) is 36.0 Å². The molecule has 2 aliphatic rings. The number of nitrogens with two attached hydrogens (primary N) is 1. The van der Waals surface area contributed by atoms with Gasteiger partial charge in [0, 0.05) is 32.2 Å². The molecule has 2 aromatic rings. The molecule has 1 aromatic carbocycles. The molecule has 1 unspecified atom stereocenters. The number of urea groups is 1. The van der Waals surface area contributed by atoms with Gasteiger partial charge in [0.05, 0.1) is 6.20 Å². The van der Waals surface area contributed by atoms with Gasteiger partial charge in [0.25, 0.3) is 0 Å². The molecule has 27 heavy (non-hydrogen) atoms. The highest BCUT2D eigenvalue weighted by Gasteiger charge is 2.41. The highest BCUT2D eigenvalue weighted by molar-refractivity contribution is 6.02. The van der Waals surface area contributed by atoms with Gasteiger partial charge < -0.3 is 15.5 Å². The number of fused-ring (bicyclic) bond motifs is 1. The van der Waals surface area contributed by atoms with Gasteiger partial charge in [-0.3, -0.25) is 4.79 Å². The first-order chi connectivity index (χ1) is 13.1. The zero-order valence-corrected chi connectivity index (χ0v) is 15.2. The van der Waals surface area contributed by atoms with Gasteiger partial charge in [-0.15, -0.1) is 0 Å². The molecule has 8 nitrogen and oxygen atoms in total. The summed E-state index contributed by atoms with van der Waals surface area (Å²) in [7, 11) is 1.77. The van der Waals surface area contributed by atoms with Crippen LogP contribution >= 0.6 is 0 Å². The second-order valence-corrected chi connectivity index (χ2v) is 6.81. The third-order valence-corrected chi connectivity index (χ3v) is 5.17. The predicted octanol–water partition coefficient (Wildman–Crippen LogP) is 1.60. The molecule has 3 heterocycles. The first kappa shape index (κ1) is 17.4. The summed E-state index contributed by atoms with van der Waals surface area (Å²) in [4.78, 5) is 38.8. The van der Waals surface area contributed by atoms with E-state index in [1.807, 2.05) is 24.3 Å². The van der Waals surface area contributed by atoms with Crippen molar-refractivity contribution in [1.82, 2.24) is 14.9 Å². The summed E-state index contributed by atoms with van der Waals surface area (Å²) in [5, 5.41) is 0. The maximum Gasteiger partial charge on any atom is 0.327 e. The van der Waals surface area contributed by atoms with Gasteiger partial charge in [-0.05, 0) is 18.4 Å². The molecule has 4 rings (SSSR count). The summed E-state index contributed by atoms with van der Waals surface area (Å²) in [6.45, 7) is 1.88. The lowest BCUT2D eigenvalue weighted by Crippen LogP contribution is -2.51. The quantitative estimate of drug-likeness (QED) is 0.829. The number of aromatic nitrogens is 2. The van der Waals surface area contributed by atoms with Crippen LogP contribution in [0.3, 0.4) is 0 Å². The van der Waals surface area contributed by atoms with E-state index in [-0.39, 0.29) is 6.03 Å². The molecule has 0 aliphatic carbocycles. The summed E-state index contributed by atoms with van der Waals surface area (Å²) in [6.07, 6.45) is 3.69. The van der Waals surface area contributed by atoms with Crippen molar-refractivity contribution in [2.75, 3.05) is 29.9 Å². The van der Waals surface area contributed by atoms with Gasteiger partial charge in [0.15, 0.2) is 24.1 Å². The molecule has 2 amide bonds. The SMILES string of the molecule is CN1c2cnc(-c3ccc(CN)cc3)nc2N(C(=O)N2CCCC2)C1C=O. The van der Waals surface area contributed by atoms with Gasteiger partial charge in [0.2, 0.25) is 0 Å². The first-order valence-electron chi connectivity index (χ1n) is 9.06. The number of amides is 2. The molecule has 0 saturated carbocycles. The number of benzene rings is 1. The zero-order valence-electron chi connectivity index (χ0n) is 15.2. The van der Waals surface area contributed by atoms with Gasteiger partial charge in [0.1, 0.15) is 5.69 Å². The van der Waals surface area contributed by atoms with Crippen LogP contribution in [0.2, 0.25) is 0 Å². The van der Waals surface area contributed by atoms with Crippen molar-refractivity contribution >= 4 is 23.8 Å². The topological polar surface area (TPSA) is 95.7 Å². The lowest BCUT2D eigenvalue weighted by Gasteiger charge is -2.28. The van der Waals surface area contributed by atoms with Gasteiger partial charge in [-0.25, -0.2) is 19.7 Å². The molecule has 2 N–H and O–H groups in total. The van der Waals surface area contributed by atoms with Gasteiger partial charge in [-0.1, -0.05) is 24.3 Å². The average molecular weight is 366 g/mol. The largest absolute Gasteiger partial charge is 0.344 e. The van der Waals surface area contributed by atoms with Crippen LogP contribution in [0.1, 0.15) is 18.4 Å². The van der Waals surface area contributed by atoms with Crippen LogP contribution in [0.4, 0.5) is 16.3 Å². The first-order valence-corrected chi connectivity index (χ1v) is 9.06. The molecule has 0 bridgehead atoms. The van der Waals surface area contributed by atoms with Crippen LogP contribution in [0, 0.1) is 0 Å². The predicted molar refractivity (Wildman–Crippen MR) is 102 cm³/mol. The highest BCUT2D eigenvalue weighted by atomic mass is 16.2. The van der Waals surface area contributed by atoms with Crippen molar-refractivity contribution in [3.8, 4) is 11.4 Å². The zero-order chi connectivity index (χ0) is 19.0. The number of rotatable bonds is 3. The molecule has 1 fully saturated rings. The van der Waals surface area contributed by atoms with E-state index >= 15 is 0 Å². The van der Waals surface area contributed by atoms with E-state index in [1.165, 1.54) is 4.90 Å². The van der Waals surface area contributed by atoms with E-state index in [9.17, 15) is 9.59 Å². The second kappa shape index (κ2) is 6.96. The molecule has 1 atom stereocenters. The number of hydrogen-bond donors (Lipinski definition) is 1. The Morgan fingerprint density at radius 2 is 1.96 bits per heavy atom. The maximum atomic E-state index is 13.0. The third kappa shape index (κ3) is 2.91. The van der Waals surface area contributed by atoms with Crippen LogP contribution in [-0.4, -0.2) is 53.5 Å².